The largest absolute Gasteiger partial charge is 0.316 e. The second-order valence-electron chi connectivity index (χ2n) is 4.00. The molecule has 0 radical (unpaired) electrons. The molecule has 0 amide bonds. The first-order valence-corrected chi connectivity index (χ1v) is 4.65. The summed E-state index contributed by atoms with van der Waals surface area (Å²) in [7, 11) is 0. The summed E-state index contributed by atoms with van der Waals surface area (Å²) in [6.07, 6.45) is 0.366. The van der Waals surface area contributed by atoms with E-state index in [4.69, 9.17) is 5.21 Å². The summed E-state index contributed by atoms with van der Waals surface area (Å²) in [5.41, 5.74) is 2.73. The lowest BCUT2D eigenvalue weighted by atomic mass is 9.96. The van der Waals surface area contributed by atoms with Crippen LogP contribution in [0.25, 0.3) is 0 Å². The fourth-order valence-corrected chi connectivity index (χ4v) is 1.44. The maximum atomic E-state index is 13.4. The summed E-state index contributed by atoms with van der Waals surface area (Å²) in [4.78, 5) is 0. The second kappa shape index (κ2) is 4.53. The predicted octanol–water partition coefficient (Wildman–Crippen LogP) is 2.46. The van der Waals surface area contributed by atoms with E-state index >= 15 is 0 Å². The van der Waals surface area contributed by atoms with Gasteiger partial charge in [-0.1, -0.05) is 24.3 Å². The van der Waals surface area contributed by atoms with E-state index in [-0.39, 0.29) is 0 Å². The molecule has 0 aliphatic carbocycles. The van der Waals surface area contributed by atoms with Crippen LogP contribution < -0.4 is 5.48 Å². The Bertz CT molecular complexity index is 294. The van der Waals surface area contributed by atoms with Gasteiger partial charge in [0.25, 0.3) is 0 Å². The van der Waals surface area contributed by atoms with Crippen LogP contribution in [0.3, 0.4) is 0 Å². The highest BCUT2D eigenvalue weighted by Gasteiger charge is 2.17. The predicted molar refractivity (Wildman–Crippen MR) is 54.0 cm³/mol. The van der Waals surface area contributed by atoms with Crippen molar-refractivity contribution in [3.63, 3.8) is 0 Å². The third-order valence-corrected chi connectivity index (χ3v) is 2.00. The van der Waals surface area contributed by atoms with Crippen LogP contribution in [0, 0.1) is 0 Å². The maximum Gasteiger partial charge on any atom is 0.109 e. The highest BCUT2D eigenvalue weighted by atomic mass is 19.1. The maximum absolute atomic E-state index is 13.4. The fourth-order valence-electron chi connectivity index (χ4n) is 1.44. The Balaban J connectivity index is 2.84. The summed E-state index contributed by atoms with van der Waals surface area (Å²) in [5.74, 6) is 0. The van der Waals surface area contributed by atoms with Crippen LogP contribution in [0.1, 0.15) is 25.0 Å². The van der Waals surface area contributed by atoms with Crippen LogP contribution in [0.2, 0.25) is 0 Å². The number of alkyl halides is 1. The van der Waals surface area contributed by atoms with Crippen molar-refractivity contribution in [3.05, 3.63) is 35.4 Å². The van der Waals surface area contributed by atoms with Crippen LogP contribution in [-0.4, -0.2) is 10.9 Å². The van der Waals surface area contributed by atoms with Gasteiger partial charge >= 0.3 is 0 Å². The first-order chi connectivity index (χ1) is 6.53. The van der Waals surface area contributed by atoms with E-state index in [0.29, 0.717) is 13.0 Å². The van der Waals surface area contributed by atoms with Gasteiger partial charge in [0.2, 0.25) is 0 Å². The molecule has 0 aromatic heterocycles. The van der Waals surface area contributed by atoms with Gasteiger partial charge in [-0.05, 0) is 25.0 Å². The molecule has 0 bridgehead atoms. The number of hydroxylamine groups is 1. The van der Waals surface area contributed by atoms with Gasteiger partial charge in [0, 0.05) is 13.0 Å². The smallest absolute Gasteiger partial charge is 0.109 e. The highest BCUT2D eigenvalue weighted by Crippen LogP contribution is 2.19. The number of halogens is 1. The fraction of sp³-hybridized carbons (Fsp3) is 0.455. The normalized spacial score (nSPS) is 11.7. The zero-order valence-electron chi connectivity index (χ0n) is 8.55. The minimum Gasteiger partial charge on any atom is -0.316 e. The number of hydrogen-bond donors (Lipinski definition) is 2. The lowest BCUT2D eigenvalue weighted by Gasteiger charge is -2.16. The minimum absolute atomic E-state index is 0.353. The van der Waals surface area contributed by atoms with Crippen molar-refractivity contribution in [3.8, 4) is 0 Å². The zero-order valence-corrected chi connectivity index (χ0v) is 8.55. The van der Waals surface area contributed by atoms with Crippen LogP contribution in [-0.2, 0) is 13.0 Å². The van der Waals surface area contributed by atoms with E-state index in [1.165, 1.54) is 0 Å². The molecule has 0 aliphatic heterocycles. The molecule has 14 heavy (non-hydrogen) atoms. The lowest BCUT2D eigenvalue weighted by molar-refractivity contribution is 0.160. The standard InChI is InChI=1S/C11H16FNO/c1-11(2,12)7-9-5-3-4-6-10(9)8-13-14/h3-6,13-14H,7-8H2,1-2H3. The van der Waals surface area contributed by atoms with E-state index in [2.05, 4.69) is 5.48 Å². The summed E-state index contributed by atoms with van der Waals surface area (Å²) >= 11 is 0. The van der Waals surface area contributed by atoms with E-state index in [0.717, 1.165) is 11.1 Å². The van der Waals surface area contributed by atoms with Crippen molar-refractivity contribution in [2.24, 2.45) is 0 Å². The Morgan fingerprint density at radius 3 is 2.36 bits per heavy atom. The highest BCUT2D eigenvalue weighted by molar-refractivity contribution is 5.28. The SMILES string of the molecule is CC(C)(F)Cc1ccccc1CNO. The molecule has 0 spiro atoms. The van der Waals surface area contributed by atoms with Gasteiger partial charge in [0.1, 0.15) is 5.67 Å². The van der Waals surface area contributed by atoms with Crippen LogP contribution in [0.4, 0.5) is 4.39 Å². The first kappa shape index (κ1) is 11.1. The molecular formula is C11H16FNO. The van der Waals surface area contributed by atoms with Crippen molar-refractivity contribution in [1.82, 2.24) is 5.48 Å². The van der Waals surface area contributed by atoms with Crippen molar-refractivity contribution in [2.45, 2.75) is 32.5 Å². The number of benzene rings is 1. The van der Waals surface area contributed by atoms with Crippen molar-refractivity contribution in [2.75, 3.05) is 0 Å². The molecule has 78 valence electrons. The molecule has 3 heteroatoms. The Kier molecular flexibility index (Phi) is 3.61. The topological polar surface area (TPSA) is 32.3 Å². The summed E-state index contributed by atoms with van der Waals surface area (Å²) in [6, 6.07) is 7.52. The van der Waals surface area contributed by atoms with Crippen LogP contribution in [0.5, 0.6) is 0 Å². The quantitative estimate of drug-likeness (QED) is 0.727. The Morgan fingerprint density at radius 2 is 1.86 bits per heavy atom. The molecule has 0 aliphatic rings. The summed E-state index contributed by atoms with van der Waals surface area (Å²) in [5, 5.41) is 8.60. The monoisotopic (exact) mass is 197 g/mol. The summed E-state index contributed by atoms with van der Waals surface area (Å²) in [6.45, 7) is 3.46. The lowest BCUT2D eigenvalue weighted by Crippen LogP contribution is -2.18. The van der Waals surface area contributed by atoms with Crippen molar-refractivity contribution >= 4 is 0 Å². The Morgan fingerprint density at radius 1 is 1.29 bits per heavy atom. The molecule has 0 fully saturated rings. The van der Waals surface area contributed by atoms with Crippen LogP contribution >= 0.6 is 0 Å². The van der Waals surface area contributed by atoms with E-state index in [9.17, 15) is 4.39 Å². The average Bonchev–Trinajstić information content (AvgIpc) is 2.06. The average molecular weight is 197 g/mol. The molecule has 2 nitrogen and oxygen atoms in total. The third-order valence-electron chi connectivity index (χ3n) is 2.00. The van der Waals surface area contributed by atoms with Gasteiger partial charge in [-0.25, -0.2) is 9.87 Å². The van der Waals surface area contributed by atoms with Gasteiger partial charge < -0.3 is 5.21 Å². The molecule has 0 saturated heterocycles. The van der Waals surface area contributed by atoms with Crippen LogP contribution in [0.15, 0.2) is 24.3 Å². The first-order valence-electron chi connectivity index (χ1n) is 4.65. The van der Waals surface area contributed by atoms with Gasteiger partial charge in [-0.2, -0.15) is 0 Å². The third kappa shape index (κ3) is 3.44. The number of nitrogens with one attached hydrogen (secondary N) is 1. The molecular weight excluding hydrogens is 181 g/mol. The molecule has 0 saturated carbocycles. The van der Waals surface area contributed by atoms with Gasteiger partial charge in [-0.15, -0.1) is 0 Å². The van der Waals surface area contributed by atoms with Gasteiger partial charge in [-0.3, -0.25) is 0 Å². The Labute approximate surface area is 83.7 Å². The molecule has 1 aromatic rings. The van der Waals surface area contributed by atoms with Crippen molar-refractivity contribution in [1.29, 1.82) is 0 Å². The van der Waals surface area contributed by atoms with E-state index in [1.54, 1.807) is 13.8 Å². The molecule has 0 heterocycles. The summed E-state index contributed by atoms with van der Waals surface area (Å²) < 4.78 is 13.4. The van der Waals surface area contributed by atoms with E-state index in [1.807, 2.05) is 24.3 Å². The molecule has 2 N–H and O–H groups in total. The molecule has 0 atom stereocenters. The van der Waals surface area contributed by atoms with Crippen molar-refractivity contribution < 1.29 is 9.60 Å². The minimum atomic E-state index is -1.22. The molecule has 1 rings (SSSR count). The van der Waals surface area contributed by atoms with Gasteiger partial charge in [0.05, 0.1) is 0 Å². The van der Waals surface area contributed by atoms with Gasteiger partial charge in [0.15, 0.2) is 0 Å². The zero-order chi connectivity index (χ0) is 10.6. The number of hydrogen-bond acceptors (Lipinski definition) is 2. The second-order valence-corrected chi connectivity index (χ2v) is 4.00. The van der Waals surface area contributed by atoms with E-state index < -0.39 is 5.67 Å². The molecule has 0 unspecified atom stereocenters. The molecule has 1 aromatic carbocycles. The number of rotatable bonds is 4. The Hall–Kier alpha value is -0.930.